The minimum absolute atomic E-state index is 0.0382. The number of ether oxygens (including phenoxy) is 2. The van der Waals surface area contributed by atoms with Gasteiger partial charge in [-0.05, 0) is 37.0 Å². The van der Waals surface area contributed by atoms with Gasteiger partial charge in [0.15, 0.2) is 0 Å². The van der Waals surface area contributed by atoms with E-state index < -0.39 is 5.97 Å². The molecule has 0 saturated carbocycles. The molecule has 0 amide bonds. The van der Waals surface area contributed by atoms with Crippen LogP contribution in [0, 0.1) is 5.92 Å². The Labute approximate surface area is 118 Å². The molecule has 1 unspecified atom stereocenters. The molecule has 0 saturated heterocycles. The summed E-state index contributed by atoms with van der Waals surface area (Å²) in [7, 11) is 1.34. The monoisotopic (exact) mass is 274 g/mol. The van der Waals surface area contributed by atoms with Crippen LogP contribution >= 0.6 is 0 Å². The maximum atomic E-state index is 11.9. The maximum absolute atomic E-state index is 11.9. The molecule has 1 aromatic carbocycles. The van der Waals surface area contributed by atoms with Gasteiger partial charge in [0.2, 0.25) is 0 Å². The van der Waals surface area contributed by atoms with Crippen molar-refractivity contribution in [3.8, 4) is 0 Å². The van der Waals surface area contributed by atoms with Gasteiger partial charge in [0, 0.05) is 0 Å². The topological polar surface area (TPSA) is 52.6 Å². The molecular formula is C16H18O4. The lowest BCUT2D eigenvalue weighted by atomic mass is 9.95. The van der Waals surface area contributed by atoms with Crippen molar-refractivity contribution in [2.75, 3.05) is 7.11 Å². The third-order valence-corrected chi connectivity index (χ3v) is 3.33. The smallest absolute Gasteiger partial charge is 0.337 e. The Morgan fingerprint density at radius 1 is 1.30 bits per heavy atom. The molecule has 1 aliphatic rings. The fourth-order valence-electron chi connectivity index (χ4n) is 2.19. The molecule has 0 fully saturated rings. The zero-order valence-corrected chi connectivity index (χ0v) is 11.5. The summed E-state index contributed by atoms with van der Waals surface area (Å²) in [6.45, 7) is 0.184. The largest absolute Gasteiger partial charge is 0.465 e. The highest BCUT2D eigenvalue weighted by atomic mass is 16.5. The van der Waals surface area contributed by atoms with Crippen LogP contribution in [-0.4, -0.2) is 19.0 Å². The molecule has 1 aliphatic carbocycles. The van der Waals surface area contributed by atoms with E-state index >= 15 is 0 Å². The van der Waals surface area contributed by atoms with Crippen molar-refractivity contribution in [2.45, 2.75) is 25.9 Å². The minimum atomic E-state index is -0.393. The average molecular weight is 274 g/mol. The Morgan fingerprint density at radius 3 is 2.85 bits per heavy atom. The summed E-state index contributed by atoms with van der Waals surface area (Å²) in [5.41, 5.74) is 1.24. The molecule has 1 atom stereocenters. The van der Waals surface area contributed by atoms with E-state index in [1.54, 1.807) is 18.2 Å². The molecule has 106 valence electrons. The van der Waals surface area contributed by atoms with Crippen LogP contribution in [0.4, 0.5) is 0 Å². The van der Waals surface area contributed by atoms with Crippen molar-refractivity contribution in [3.05, 3.63) is 47.5 Å². The summed E-state index contributed by atoms with van der Waals surface area (Å²) in [5, 5.41) is 0. The lowest BCUT2D eigenvalue weighted by Crippen LogP contribution is -2.18. The van der Waals surface area contributed by atoms with Crippen LogP contribution in [0.15, 0.2) is 36.4 Å². The number of allylic oxidation sites excluding steroid dienone is 2. The summed E-state index contributed by atoms with van der Waals surface area (Å²) < 4.78 is 9.97. The van der Waals surface area contributed by atoms with Crippen molar-refractivity contribution in [1.82, 2.24) is 0 Å². The van der Waals surface area contributed by atoms with E-state index in [2.05, 4.69) is 10.8 Å². The molecule has 4 heteroatoms. The molecule has 2 rings (SSSR count). The first-order chi connectivity index (χ1) is 9.70. The highest BCUT2D eigenvalue weighted by molar-refractivity contribution is 5.89. The first-order valence-electron chi connectivity index (χ1n) is 6.69. The van der Waals surface area contributed by atoms with E-state index in [4.69, 9.17) is 4.74 Å². The highest BCUT2D eigenvalue weighted by Crippen LogP contribution is 2.20. The molecule has 0 bridgehead atoms. The first kappa shape index (κ1) is 14.3. The number of rotatable bonds is 4. The second-order valence-electron chi connectivity index (χ2n) is 4.78. The standard InChI is InChI=1S/C16H18O4/c1-19-15(17)14-9-5-6-12(10-14)11-20-16(18)13-7-3-2-4-8-13/h2-3,5-6,9-10,13H,4,7-8,11H2,1H3. The van der Waals surface area contributed by atoms with E-state index in [1.807, 2.05) is 12.1 Å². The Morgan fingerprint density at radius 2 is 2.15 bits per heavy atom. The average Bonchev–Trinajstić information content (AvgIpc) is 2.53. The number of hydrogen-bond donors (Lipinski definition) is 0. The van der Waals surface area contributed by atoms with Gasteiger partial charge >= 0.3 is 11.9 Å². The zero-order chi connectivity index (χ0) is 14.4. The summed E-state index contributed by atoms with van der Waals surface area (Å²) in [6, 6.07) is 6.92. The summed E-state index contributed by atoms with van der Waals surface area (Å²) in [5.74, 6) is -0.600. The van der Waals surface area contributed by atoms with Gasteiger partial charge in [-0.2, -0.15) is 0 Å². The Balaban J connectivity index is 1.91. The van der Waals surface area contributed by atoms with Gasteiger partial charge in [-0.3, -0.25) is 4.79 Å². The molecule has 4 nitrogen and oxygen atoms in total. The normalized spacial score (nSPS) is 17.6. The molecule has 20 heavy (non-hydrogen) atoms. The SMILES string of the molecule is COC(=O)c1cccc(COC(=O)C2CC=CCC2)c1. The van der Waals surface area contributed by atoms with E-state index in [0.29, 0.717) is 5.56 Å². The first-order valence-corrected chi connectivity index (χ1v) is 6.69. The molecule has 1 aromatic rings. The van der Waals surface area contributed by atoms with E-state index in [9.17, 15) is 9.59 Å². The third kappa shape index (κ3) is 3.70. The van der Waals surface area contributed by atoms with E-state index in [0.717, 1.165) is 24.8 Å². The third-order valence-electron chi connectivity index (χ3n) is 3.33. The maximum Gasteiger partial charge on any atom is 0.337 e. The van der Waals surface area contributed by atoms with Gasteiger partial charge in [0.05, 0.1) is 18.6 Å². The number of hydrogen-bond acceptors (Lipinski definition) is 4. The second kappa shape index (κ2) is 6.89. The molecular weight excluding hydrogens is 256 g/mol. The summed E-state index contributed by atoms with van der Waals surface area (Å²) in [6.07, 6.45) is 6.63. The number of benzene rings is 1. The van der Waals surface area contributed by atoms with Crippen LogP contribution < -0.4 is 0 Å². The molecule has 0 spiro atoms. The number of methoxy groups -OCH3 is 1. The van der Waals surface area contributed by atoms with Crippen LogP contribution in [0.2, 0.25) is 0 Å². The van der Waals surface area contributed by atoms with Gasteiger partial charge in [-0.25, -0.2) is 4.79 Å². The van der Waals surface area contributed by atoms with Gasteiger partial charge < -0.3 is 9.47 Å². The molecule has 0 N–H and O–H groups in total. The van der Waals surface area contributed by atoms with Crippen LogP contribution in [0.3, 0.4) is 0 Å². The number of esters is 2. The molecule has 0 aliphatic heterocycles. The Kier molecular flexibility index (Phi) is 4.93. The van der Waals surface area contributed by atoms with Crippen LogP contribution in [0.1, 0.15) is 35.2 Å². The van der Waals surface area contributed by atoms with Crippen molar-refractivity contribution >= 4 is 11.9 Å². The van der Waals surface area contributed by atoms with Gasteiger partial charge in [-0.15, -0.1) is 0 Å². The van der Waals surface area contributed by atoms with Gasteiger partial charge in [0.25, 0.3) is 0 Å². The van der Waals surface area contributed by atoms with Gasteiger partial charge in [0.1, 0.15) is 6.61 Å². The van der Waals surface area contributed by atoms with Crippen LogP contribution in [-0.2, 0) is 20.9 Å². The lowest BCUT2D eigenvalue weighted by molar-refractivity contribution is -0.150. The quantitative estimate of drug-likeness (QED) is 0.626. The molecule has 0 heterocycles. The van der Waals surface area contributed by atoms with Crippen molar-refractivity contribution in [3.63, 3.8) is 0 Å². The van der Waals surface area contributed by atoms with E-state index in [1.165, 1.54) is 7.11 Å². The van der Waals surface area contributed by atoms with E-state index in [-0.39, 0.29) is 18.5 Å². The number of carbonyl (C=O) groups is 2. The van der Waals surface area contributed by atoms with Gasteiger partial charge in [-0.1, -0.05) is 24.3 Å². The fraction of sp³-hybridized carbons (Fsp3) is 0.375. The molecule has 0 radical (unpaired) electrons. The molecule has 0 aromatic heterocycles. The van der Waals surface area contributed by atoms with Crippen LogP contribution in [0.5, 0.6) is 0 Å². The summed E-state index contributed by atoms with van der Waals surface area (Å²) in [4.78, 5) is 23.3. The second-order valence-corrected chi connectivity index (χ2v) is 4.78. The Hall–Kier alpha value is -2.10. The van der Waals surface area contributed by atoms with Crippen molar-refractivity contribution in [2.24, 2.45) is 5.92 Å². The minimum Gasteiger partial charge on any atom is -0.465 e. The zero-order valence-electron chi connectivity index (χ0n) is 11.5. The predicted octanol–water partition coefficient (Wildman–Crippen LogP) is 2.87. The number of carbonyl (C=O) groups excluding carboxylic acids is 2. The van der Waals surface area contributed by atoms with Crippen molar-refractivity contribution < 1.29 is 19.1 Å². The lowest BCUT2D eigenvalue weighted by Gasteiger charge is -2.16. The highest BCUT2D eigenvalue weighted by Gasteiger charge is 2.20. The predicted molar refractivity (Wildman–Crippen MR) is 74.1 cm³/mol. The van der Waals surface area contributed by atoms with Crippen LogP contribution in [0.25, 0.3) is 0 Å². The fourth-order valence-corrected chi connectivity index (χ4v) is 2.19. The van der Waals surface area contributed by atoms with Crippen molar-refractivity contribution in [1.29, 1.82) is 0 Å². The Bertz CT molecular complexity index is 519. The summed E-state index contributed by atoms with van der Waals surface area (Å²) >= 11 is 0.